The van der Waals surface area contributed by atoms with E-state index in [4.69, 9.17) is 0 Å². The molecular weight excluding hydrogens is 266 g/mol. The van der Waals surface area contributed by atoms with Crippen molar-refractivity contribution < 1.29 is 0 Å². The summed E-state index contributed by atoms with van der Waals surface area (Å²) in [5.74, 6) is 0. The number of hydrogen-bond acceptors (Lipinski definition) is 1. The highest BCUT2D eigenvalue weighted by Gasteiger charge is 2.23. The van der Waals surface area contributed by atoms with Gasteiger partial charge in [0.2, 0.25) is 0 Å². The summed E-state index contributed by atoms with van der Waals surface area (Å²) in [6.07, 6.45) is 1.91. The topological polar surface area (TPSA) is 12.9 Å². The second-order valence-corrected chi connectivity index (χ2v) is 6.29. The molecule has 1 heterocycles. The molecule has 1 nitrogen and oxygen atoms in total. The van der Waals surface area contributed by atoms with Crippen molar-refractivity contribution in [3.8, 4) is 11.3 Å². The van der Waals surface area contributed by atoms with Gasteiger partial charge in [0.05, 0.1) is 5.69 Å². The molecule has 0 saturated carbocycles. The molecule has 0 aliphatic rings. The highest BCUT2D eigenvalue weighted by Crippen LogP contribution is 2.32. The second-order valence-electron chi connectivity index (χ2n) is 6.29. The Labute approximate surface area is 132 Å². The average Bonchev–Trinajstić information content (AvgIpc) is 2.56. The van der Waals surface area contributed by atoms with E-state index in [2.05, 4.69) is 92.5 Å². The summed E-state index contributed by atoms with van der Waals surface area (Å²) in [5.41, 5.74) is 6.02. The number of aromatic nitrogens is 1. The lowest BCUT2D eigenvalue weighted by atomic mass is 9.78. The monoisotopic (exact) mass is 287 g/mol. The van der Waals surface area contributed by atoms with Crippen molar-refractivity contribution in [1.82, 2.24) is 4.98 Å². The number of pyridine rings is 1. The molecule has 2 aromatic carbocycles. The molecule has 3 aromatic rings. The van der Waals surface area contributed by atoms with Gasteiger partial charge in [0.25, 0.3) is 0 Å². The number of nitrogens with zero attached hydrogens (tertiary/aromatic N) is 1. The third-order valence-corrected chi connectivity index (χ3v) is 4.32. The molecular formula is C21H21N. The molecule has 0 bridgehead atoms. The molecule has 3 rings (SSSR count). The summed E-state index contributed by atoms with van der Waals surface area (Å²) < 4.78 is 0. The molecule has 0 amide bonds. The van der Waals surface area contributed by atoms with Crippen LogP contribution in [0.2, 0.25) is 0 Å². The van der Waals surface area contributed by atoms with Gasteiger partial charge in [-0.2, -0.15) is 0 Å². The summed E-state index contributed by atoms with van der Waals surface area (Å²) >= 11 is 0. The molecule has 0 unspecified atom stereocenters. The summed E-state index contributed by atoms with van der Waals surface area (Å²) in [5, 5.41) is 0. The van der Waals surface area contributed by atoms with Crippen LogP contribution in [0.3, 0.4) is 0 Å². The maximum Gasteiger partial charge on any atom is 0.0705 e. The molecule has 0 spiro atoms. The van der Waals surface area contributed by atoms with Crippen molar-refractivity contribution >= 4 is 0 Å². The van der Waals surface area contributed by atoms with Gasteiger partial charge in [0.15, 0.2) is 0 Å². The van der Waals surface area contributed by atoms with E-state index in [1.54, 1.807) is 0 Å². The molecule has 0 atom stereocenters. The largest absolute Gasteiger partial charge is 0.256 e. The molecule has 0 fully saturated rings. The van der Waals surface area contributed by atoms with Crippen molar-refractivity contribution in [3.63, 3.8) is 0 Å². The molecule has 1 aromatic heterocycles. The minimum atomic E-state index is -0.0380. The quantitative estimate of drug-likeness (QED) is 0.630. The van der Waals surface area contributed by atoms with Crippen LogP contribution in [0.1, 0.15) is 30.5 Å². The van der Waals surface area contributed by atoms with Crippen LogP contribution in [0.5, 0.6) is 0 Å². The maximum absolute atomic E-state index is 4.55. The SMILES string of the molecule is Cc1ccc(-c2cc(C(C)(C)c3ccccc3)ccn2)cc1. The van der Waals surface area contributed by atoms with Gasteiger partial charge < -0.3 is 0 Å². The highest BCUT2D eigenvalue weighted by atomic mass is 14.7. The molecule has 0 saturated heterocycles. The number of rotatable bonds is 3. The maximum atomic E-state index is 4.55. The van der Waals surface area contributed by atoms with Gasteiger partial charge in [0.1, 0.15) is 0 Å². The van der Waals surface area contributed by atoms with E-state index in [1.165, 1.54) is 16.7 Å². The lowest BCUT2D eigenvalue weighted by Gasteiger charge is -2.26. The zero-order valence-corrected chi connectivity index (χ0v) is 13.4. The van der Waals surface area contributed by atoms with E-state index in [0.29, 0.717) is 0 Å². The predicted molar refractivity (Wildman–Crippen MR) is 93.0 cm³/mol. The Hall–Kier alpha value is -2.41. The molecule has 0 aliphatic carbocycles. The Bertz CT molecular complexity index is 755. The van der Waals surface area contributed by atoms with Crippen molar-refractivity contribution in [2.75, 3.05) is 0 Å². The molecule has 110 valence electrons. The Morgan fingerprint density at radius 3 is 2.14 bits per heavy atom. The highest BCUT2D eigenvalue weighted by molar-refractivity contribution is 5.61. The number of hydrogen-bond donors (Lipinski definition) is 0. The zero-order valence-electron chi connectivity index (χ0n) is 13.4. The minimum Gasteiger partial charge on any atom is -0.256 e. The van der Waals surface area contributed by atoms with Crippen LogP contribution < -0.4 is 0 Å². The fourth-order valence-electron chi connectivity index (χ4n) is 2.72. The lowest BCUT2D eigenvalue weighted by Crippen LogP contribution is -2.18. The van der Waals surface area contributed by atoms with Crippen LogP contribution in [0.4, 0.5) is 0 Å². The van der Waals surface area contributed by atoms with Crippen molar-refractivity contribution in [3.05, 3.63) is 89.6 Å². The third kappa shape index (κ3) is 2.80. The van der Waals surface area contributed by atoms with Crippen LogP contribution in [0.15, 0.2) is 72.9 Å². The normalized spacial score (nSPS) is 11.4. The summed E-state index contributed by atoms with van der Waals surface area (Å²) in [6.45, 7) is 6.62. The molecule has 0 radical (unpaired) electrons. The smallest absolute Gasteiger partial charge is 0.0705 e. The van der Waals surface area contributed by atoms with Crippen LogP contribution in [-0.4, -0.2) is 4.98 Å². The lowest BCUT2D eigenvalue weighted by molar-refractivity contribution is 0.640. The Morgan fingerprint density at radius 2 is 1.45 bits per heavy atom. The first-order valence-electron chi connectivity index (χ1n) is 7.66. The predicted octanol–water partition coefficient (Wildman–Crippen LogP) is 5.38. The fraction of sp³-hybridized carbons (Fsp3) is 0.190. The van der Waals surface area contributed by atoms with E-state index in [-0.39, 0.29) is 5.41 Å². The summed E-state index contributed by atoms with van der Waals surface area (Å²) in [6, 6.07) is 23.5. The van der Waals surface area contributed by atoms with E-state index in [9.17, 15) is 0 Å². The summed E-state index contributed by atoms with van der Waals surface area (Å²) in [7, 11) is 0. The number of aryl methyl sites for hydroxylation is 1. The van der Waals surface area contributed by atoms with E-state index >= 15 is 0 Å². The Morgan fingerprint density at radius 1 is 0.773 bits per heavy atom. The number of benzene rings is 2. The van der Waals surface area contributed by atoms with Crippen LogP contribution in [0.25, 0.3) is 11.3 Å². The van der Waals surface area contributed by atoms with Crippen molar-refractivity contribution in [2.45, 2.75) is 26.2 Å². The standard InChI is InChI=1S/C21H21N/c1-16-9-11-17(12-10-16)20-15-19(13-14-22-20)21(2,3)18-7-5-4-6-8-18/h4-15H,1-3H3. The van der Waals surface area contributed by atoms with Crippen LogP contribution in [0, 0.1) is 6.92 Å². The van der Waals surface area contributed by atoms with Crippen LogP contribution >= 0.6 is 0 Å². The molecule has 0 aliphatic heterocycles. The third-order valence-electron chi connectivity index (χ3n) is 4.32. The molecule has 22 heavy (non-hydrogen) atoms. The van der Waals surface area contributed by atoms with Gasteiger partial charge in [-0.1, -0.05) is 74.0 Å². The Balaban J connectivity index is 2.02. The molecule has 0 N–H and O–H groups in total. The van der Waals surface area contributed by atoms with Gasteiger partial charge >= 0.3 is 0 Å². The van der Waals surface area contributed by atoms with Crippen molar-refractivity contribution in [1.29, 1.82) is 0 Å². The van der Waals surface area contributed by atoms with E-state index < -0.39 is 0 Å². The second kappa shape index (κ2) is 5.76. The van der Waals surface area contributed by atoms with Gasteiger partial charge in [-0.05, 0) is 30.2 Å². The average molecular weight is 287 g/mol. The zero-order chi connectivity index (χ0) is 15.6. The van der Waals surface area contributed by atoms with Gasteiger partial charge in [0, 0.05) is 17.2 Å². The van der Waals surface area contributed by atoms with E-state index in [1.807, 2.05) is 6.20 Å². The fourth-order valence-corrected chi connectivity index (χ4v) is 2.72. The van der Waals surface area contributed by atoms with Gasteiger partial charge in [-0.3, -0.25) is 4.98 Å². The van der Waals surface area contributed by atoms with Crippen molar-refractivity contribution in [2.24, 2.45) is 0 Å². The first kappa shape index (κ1) is 14.5. The van der Waals surface area contributed by atoms with Crippen LogP contribution in [-0.2, 0) is 5.41 Å². The van der Waals surface area contributed by atoms with Gasteiger partial charge in [-0.15, -0.1) is 0 Å². The summed E-state index contributed by atoms with van der Waals surface area (Å²) in [4.78, 5) is 4.55. The van der Waals surface area contributed by atoms with E-state index in [0.717, 1.165) is 11.3 Å². The molecule has 1 heteroatoms. The minimum absolute atomic E-state index is 0.0380. The first-order chi connectivity index (χ1) is 10.6. The Kier molecular flexibility index (Phi) is 3.81. The first-order valence-corrected chi connectivity index (χ1v) is 7.66. The van der Waals surface area contributed by atoms with Gasteiger partial charge in [-0.25, -0.2) is 0 Å².